The molecule has 1 heterocycles. The highest BCUT2D eigenvalue weighted by molar-refractivity contribution is 7.89. The number of carbonyl (C=O) groups excluding carboxylic acids is 2. The number of nitrogens with one attached hydrogen (secondary N) is 2. The second kappa shape index (κ2) is 10.3. The lowest BCUT2D eigenvalue weighted by Crippen LogP contribution is -2.47. The molecule has 8 nitrogen and oxygen atoms in total. The topological polar surface area (TPSA) is 108 Å². The van der Waals surface area contributed by atoms with Crippen molar-refractivity contribution < 1.29 is 18.0 Å². The molecule has 0 aliphatic rings. The number of aromatic nitrogens is 1. The molecule has 0 saturated heterocycles. The van der Waals surface area contributed by atoms with Crippen LogP contribution in [0.1, 0.15) is 48.6 Å². The highest BCUT2D eigenvalue weighted by atomic mass is 32.2. The van der Waals surface area contributed by atoms with Crippen LogP contribution < -0.4 is 10.6 Å². The van der Waals surface area contributed by atoms with E-state index < -0.39 is 22.0 Å². The normalized spacial score (nSPS) is 12.8. The summed E-state index contributed by atoms with van der Waals surface area (Å²) >= 11 is 1.37. The molecule has 0 unspecified atom stereocenters. The largest absolute Gasteiger partial charge is 0.340 e. The van der Waals surface area contributed by atoms with Gasteiger partial charge in [-0.1, -0.05) is 33.8 Å². The maximum atomic E-state index is 12.9. The number of hydrogen-bond donors (Lipinski definition) is 2. The zero-order valence-electron chi connectivity index (χ0n) is 18.7. The number of rotatable bonds is 9. The third-order valence-corrected chi connectivity index (χ3v) is 7.97. The van der Waals surface area contributed by atoms with Crippen LogP contribution >= 0.6 is 11.3 Å². The number of sulfonamides is 1. The third kappa shape index (κ3) is 5.90. The van der Waals surface area contributed by atoms with E-state index in [4.69, 9.17) is 0 Å². The molecule has 1 aromatic carbocycles. The van der Waals surface area contributed by atoms with Crippen LogP contribution in [0.3, 0.4) is 0 Å². The molecule has 31 heavy (non-hydrogen) atoms. The van der Waals surface area contributed by atoms with E-state index in [9.17, 15) is 18.0 Å². The third-order valence-electron chi connectivity index (χ3n) is 4.93. The second-order valence-electron chi connectivity index (χ2n) is 7.46. The van der Waals surface area contributed by atoms with Crippen molar-refractivity contribution in [3.05, 3.63) is 40.4 Å². The Labute approximate surface area is 188 Å². The van der Waals surface area contributed by atoms with Crippen LogP contribution in [0.4, 0.5) is 5.13 Å². The Hall–Kier alpha value is -2.30. The van der Waals surface area contributed by atoms with Crippen LogP contribution in [0.15, 0.2) is 29.2 Å². The first kappa shape index (κ1) is 25.0. The number of thiazole rings is 1. The van der Waals surface area contributed by atoms with Crippen molar-refractivity contribution >= 4 is 38.3 Å². The molecule has 0 aliphatic carbocycles. The maximum Gasteiger partial charge on any atom is 0.251 e. The summed E-state index contributed by atoms with van der Waals surface area (Å²) in [7, 11) is -3.69. The number of aryl methyl sites for hydroxylation is 2. The molecule has 0 fully saturated rings. The van der Waals surface area contributed by atoms with Crippen LogP contribution in [0.5, 0.6) is 0 Å². The Balaban J connectivity index is 2.22. The minimum Gasteiger partial charge on any atom is -0.340 e. The summed E-state index contributed by atoms with van der Waals surface area (Å²) in [5.41, 5.74) is 1.02. The fourth-order valence-corrected chi connectivity index (χ4v) is 5.30. The molecule has 0 saturated carbocycles. The highest BCUT2D eigenvalue weighted by Gasteiger charge is 2.27. The number of benzene rings is 1. The van der Waals surface area contributed by atoms with Gasteiger partial charge in [-0.2, -0.15) is 4.31 Å². The van der Waals surface area contributed by atoms with E-state index in [1.807, 2.05) is 27.7 Å². The monoisotopic (exact) mass is 466 g/mol. The number of hydrogen-bond acceptors (Lipinski definition) is 6. The van der Waals surface area contributed by atoms with Crippen LogP contribution in [-0.2, 0) is 14.8 Å². The first-order chi connectivity index (χ1) is 14.5. The fraction of sp³-hybridized carbons (Fsp3) is 0.476. The van der Waals surface area contributed by atoms with E-state index in [0.717, 1.165) is 10.6 Å². The van der Waals surface area contributed by atoms with E-state index in [-0.39, 0.29) is 22.3 Å². The molecule has 2 aromatic rings. The van der Waals surface area contributed by atoms with E-state index in [0.29, 0.717) is 18.2 Å². The number of nitrogens with zero attached hydrogens (tertiary/aromatic N) is 2. The van der Waals surface area contributed by atoms with Gasteiger partial charge in [0.2, 0.25) is 15.9 Å². The first-order valence-electron chi connectivity index (χ1n) is 10.2. The Bertz CT molecular complexity index is 1020. The van der Waals surface area contributed by atoms with Crippen LogP contribution in [-0.4, -0.2) is 48.7 Å². The van der Waals surface area contributed by atoms with Gasteiger partial charge in [0.1, 0.15) is 6.04 Å². The lowest BCUT2D eigenvalue weighted by molar-refractivity contribution is -0.118. The second-order valence-corrected chi connectivity index (χ2v) is 10.6. The summed E-state index contributed by atoms with van der Waals surface area (Å²) in [6.07, 6.45) is 0. The minimum absolute atomic E-state index is 0.0446. The molecule has 10 heteroatoms. The lowest BCUT2D eigenvalue weighted by Gasteiger charge is -2.22. The van der Waals surface area contributed by atoms with Gasteiger partial charge in [0, 0.05) is 23.5 Å². The number of amides is 2. The van der Waals surface area contributed by atoms with Gasteiger partial charge < -0.3 is 10.6 Å². The van der Waals surface area contributed by atoms with E-state index in [1.165, 1.54) is 39.9 Å². The number of carbonyl (C=O) groups is 2. The van der Waals surface area contributed by atoms with Gasteiger partial charge in [-0.3, -0.25) is 9.59 Å². The van der Waals surface area contributed by atoms with Gasteiger partial charge in [0.05, 0.1) is 10.6 Å². The van der Waals surface area contributed by atoms with Gasteiger partial charge in [-0.25, -0.2) is 13.4 Å². The lowest BCUT2D eigenvalue weighted by atomic mass is 10.0. The zero-order valence-corrected chi connectivity index (χ0v) is 20.4. The van der Waals surface area contributed by atoms with E-state index in [2.05, 4.69) is 15.6 Å². The summed E-state index contributed by atoms with van der Waals surface area (Å²) in [5.74, 6) is -1.07. The molecule has 2 N–H and O–H groups in total. The van der Waals surface area contributed by atoms with Gasteiger partial charge in [-0.05, 0) is 38.0 Å². The quantitative estimate of drug-likeness (QED) is 0.590. The predicted octanol–water partition coefficient (Wildman–Crippen LogP) is 3.18. The Kier molecular flexibility index (Phi) is 8.33. The molecule has 0 radical (unpaired) electrons. The molecule has 170 valence electrons. The maximum absolute atomic E-state index is 12.9. The molecule has 2 amide bonds. The van der Waals surface area contributed by atoms with Crippen molar-refractivity contribution in [1.82, 2.24) is 14.6 Å². The predicted molar refractivity (Wildman–Crippen MR) is 123 cm³/mol. The Morgan fingerprint density at radius 3 is 2.32 bits per heavy atom. The van der Waals surface area contributed by atoms with Gasteiger partial charge in [0.25, 0.3) is 5.91 Å². The van der Waals surface area contributed by atoms with Gasteiger partial charge in [0.15, 0.2) is 5.13 Å². The fourth-order valence-electron chi connectivity index (χ4n) is 2.98. The standard InChI is InChI=1S/C21H30N4O4S2/c1-7-25(8-2)31(28,29)17-11-9-10-16(12-17)19(26)23-18(13(3)4)20(27)24-21-22-14(5)15(6)30-21/h9-13,18H,7-8H2,1-6H3,(H,23,26)(H,22,24,27)/t18-/m1/s1. The molecule has 0 bridgehead atoms. The smallest absolute Gasteiger partial charge is 0.251 e. The SMILES string of the molecule is CCN(CC)S(=O)(=O)c1cccc(C(=O)N[C@@H](C(=O)Nc2nc(C)c(C)s2)C(C)C)c1. The highest BCUT2D eigenvalue weighted by Crippen LogP contribution is 2.22. The van der Waals surface area contributed by atoms with Gasteiger partial charge >= 0.3 is 0 Å². The zero-order chi connectivity index (χ0) is 23.3. The van der Waals surface area contributed by atoms with Crippen LogP contribution in [0, 0.1) is 19.8 Å². The summed E-state index contributed by atoms with van der Waals surface area (Å²) in [6.45, 7) is 11.6. The molecular weight excluding hydrogens is 436 g/mol. The van der Waals surface area contributed by atoms with E-state index >= 15 is 0 Å². The van der Waals surface area contributed by atoms with Crippen molar-refractivity contribution in [1.29, 1.82) is 0 Å². The van der Waals surface area contributed by atoms with Gasteiger partial charge in [-0.15, -0.1) is 11.3 Å². The molecule has 2 rings (SSSR count). The van der Waals surface area contributed by atoms with Crippen molar-refractivity contribution in [2.24, 2.45) is 5.92 Å². The summed E-state index contributed by atoms with van der Waals surface area (Å²) in [4.78, 5) is 31.0. The average molecular weight is 467 g/mol. The summed E-state index contributed by atoms with van der Waals surface area (Å²) in [6, 6.07) is 5.05. The van der Waals surface area contributed by atoms with Crippen molar-refractivity contribution in [2.45, 2.75) is 52.5 Å². The Morgan fingerprint density at radius 2 is 1.81 bits per heavy atom. The van der Waals surface area contributed by atoms with Crippen molar-refractivity contribution in [2.75, 3.05) is 18.4 Å². The molecule has 0 spiro atoms. The molecule has 1 aromatic heterocycles. The summed E-state index contributed by atoms with van der Waals surface area (Å²) in [5, 5.41) is 5.97. The number of anilines is 1. The van der Waals surface area contributed by atoms with Crippen LogP contribution in [0.2, 0.25) is 0 Å². The molecular formula is C21H30N4O4S2. The molecule has 1 atom stereocenters. The van der Waals surface area contributed by atoms with E-state index in [1.54, 1.807) is 13.8 Å². The average Bonchev–Trinajstić information content (AvgIpc) is 3.03. The first-order valence-corrected chi connectivity index (χ1v) is 12.4. The summed E-state index contributed by atoms with van der Waals surface area (Å²) < 4.78 is 26.9. The Morgan fingerprint density at radius 1 is 1.16 bits per heavy atom. The minimum atomic E-state index is -3.69. The van der Waals surface area contributed by atoms with Crippen molar-refractivity contribution in [3.63, 3.8) is 0 Å². The van der Waals surface area contributed by atoms with Crippen molar-refractivity contribution in [3.8, 4) is 0 Å². The van der Waals surface area contributed by atoms with Crippen LogP contribution in [0.25, 0.3) is 0 Å². The molecule has 0 aliphatic heterocycles.